The molecular formula is C13H17N3O. The van der Waals surface area contributed by atoms with Gasteiger partial charge in [-0.25, -0.2) is 0 Å². The van der Waals surface area contributed by atoms with Crippen LogP contribution in [-0.4, -0.2) is 16.4 Å². The third kappa shape index (κ3) is 3.00. The highest BCUT2D eigenvalue weighted by Crippen LogP contribution is 2.18. The fraction of sp³-hybridized carbons (Fsp3) is 0.308. The average Bonchev–Trinajstić information content (AvgIpc) is 2.70. The number of aromatic nitrogens is 2. The van der Waals surface area contributed by atoms with Crippen LogP contribution in [0.1, 0.15) is 11.1 Å². The van der Waals surface area contributed by atoms with Crippen molar-refractivity contribution < 1.29 is 4.74 Å². The number of aryl methyl sites for hydroxylation is 2. The molecule has 0 aliphatic carbocycles. The number of ether oxygens (including phenoxy) is 1. The summed E-state index contributed by atoms with van der Waals surface area (Å²) in [6.07, 6.45) is 4.71. The minimum Gasteiger partial charge on any atom is -0.493 e. The summed E-state index contributed by atoms with van der Waals surface area (Å²) < 4.78 is 7.46. The van der Waals surface area contributed by atoms with Gasteiger partial charge in [0.25, 0.3) is 0 Å². The van der Waals surface area contributed by atoms with Crippen LogP contribution in [0.25, 0.3) is 0 Å². The highest BCUT2D eigenvalue weighted by atomic mass is 16.5. The zero-order valence-electron chi connectivity index (χ0n) is 10.2. The van der Waals surface area contributed by atoms with E-state index < -0.39 is 0 Å². The van der Waals surface area contributed by atoms with Crippen molar-refractivity contribution in [1.82, 2.24) is 9.78 Å². The van der Waals surface area contributed by atoms with Gasteiger partial charge in [0.1, 0.15) is 5.75 Å². The van der Waals surface area contributed by atoms with Gasteiger partial charge in [0, 0.05) is 25.4 Å². The van der Waals surface area contributed by atoms with Gasteiger partial charge in [0.05, 0.1) is 12.8 Å². The quantitative estimate of drug-likeness (QED) is 0.818. The monoisotopic (exact) mass is 231 g/mol. The molecule has 0 spiro atoms. The summed E-state index contributed by atoms with van der Waals surface area (Å²) in [4.78, 5) is 0. The lowest BCUT2D eigenvalue weighted by atomic mass is 10.2. The molecule has 1 aromatic heterocycles. The Labute approximate surface area is 101 Å². The molecule has 0 atom stereocenters. The summed E-state index contributed by atoms with van der Waals surface area (Å²) in [6, 6.07) is 5.72. The molecule has 17 heavy (non-hydrogen) atoms. The highest BCUT2D eigenvalue weighted by Gasteiger charge is 1.99. The summed E-state index contributed by atoms with van der Waals surface area (Å²) in [5, 5.41) is 4.11. The molecule has 90 valence electrons. The van der Waals surface area contributed by atoms with Crippen LogP contribution >= 0.6 is 0 Å². The van der Waals surface area contributed by atoms with E-state index in [4.69, 9.17) is 10.5 Å². The molecule has 4 heteroatoms. The highest BCUT2D eigenvalue weighted by molar-refractivity contribution is 5.49. The first-order valence-electron chi connectivity index (χ1n) is 5.61. The van der Waals surface area contributed by atoms with Gasteiger partial charge in [0.2, 0.25) is 0 Å². The van der Waals surface area contributed by atoms with Crippen molar-refractivity contribution in [2.24, 2.45) is 7.05 Å². The molecule has 2 N–H and O–H groups in total. The van der Waals surface area contributed by atoms with Gasteiger partial charge in [-0.2, -0.15) is 5.10 Å². The number of hydrogen-bond acceptors (Lipinski definition) is 3. The third-order valence-corrected chi connectivity index (χ3v) is 2.66. The topological polar surface area (TPSA) is 53.1 Å². The Morgan fingerprint density at radius 2 is 2.24 bits per heavy atom. The zero-order chi connectivity index (χ0) is 12.3. The second kappa shape index (κ2) is 4.91. The molecule has 0 aliphatic rings. The maximum Gasteiger partial charge on any atom is 0.119 e. The van der Waals surface area contributed by atoms with E-state index in [1.165, 1.54) is 5.56 Å². The number of nitrogens with zero attached hydrogens (tertiary/aromatic N) is 2. The molecule has 0 amide bonds. The van der Waals surface area contributed by atoms with E-state index in [0.717, 1.165) is 23.4 Å². The Morgan fingerprint density at radius 3 is 2.88 bits per heavy atom. The van der Waals surface area contributed by atoms with Crippen molar-refractivity contribution in [3.63, 3.8) is 0 Å². The molecule has 0 fully saturated rings. The Bertz CT molecular complexity index is 505. The van der Waals surface area contributed by atoms with E-state index in [9.17, 15) is 0 Å². The zero-order valence-corrected chi connectivity index (χ0v) is 10.2. The van der Waals surface area contributed by atoms with Gasteiger partial charge in [-0.1, -0.05) is 0 Å². The molecular weight excluding hydrogens is 214 g/mol. The Hall–Kier alpha value is -1.97. The first kappa shape index (κ1) is 11.5. The number of anilines is 1. The van der Waals surface area contributed by atoms with Gasteiger partial charge < -0.3 is 10.5 Å². The Morgan fingerprint density at radius 1 is 1.41 bits per heavy atom. The maximum atomic E-state index is 5.74. The molecule has 2 rings (SSSR count). The molecule has 1 heterocycles. The lowest BCUT2D eigenvalue weighted by Gasteiger charge is -2.07. The molecule has 2 aromatic rings. The fourth-order valence-electron chi connectivity index (χ4n) is 1.63. The second-order valence-electron chi connectivity index (χ2n) is 4.14. The second-order valence-corrected chi connectivity index (χ2v) is 4.14. The molecule has 0 saturated carbocycles. The van der Waals surface area contributed by atoms with E-state index >= 15 is 0 Å². The Balaban J connectivity index is 1.87. The molecule has 0 radical (unpaired) electrons. The summed E-state index contributed by atoms with van der Waals surface area (Å²) in [6.45, 7) is 2.62. The smallest absolute Gasteiger partial charge is 0.119 e. The SMILES string of the molecule is Cc1cc(OCCc2cnn(C)c2)ccc1N. The summed E-state index contributed by atoms with van der Waals surface area (Å²) >= 11 is 0. The summed E-state index contributed by atoms with van der Waals surface area (Å²) in [5.41, 5.74) is 8.77. The molecule has 0 saturated heterocycles. The van der Waals surface area contributed by atoms with E-state index in [2.05, 4.69) is 5.10 Å². The van der Waals surface area contributed by atoms with Crippen LogP contribution in [-0.2, 0) is 13.5 Å². The largest absolute Gasteiger partial charge is 0.493 e. The molecule has 0 aliphatic heterocycles. The number of rotatable bonds is 4. The molecule has 1 aromatic carbocycles. The van der Waals surface area contributed by atoms with Crippen LogP contribution in [0.4, 0.5) is 5.69 Å². The lowest BCUT2D eigenvalue weighted by Crippen LogP contribution is -2.01. The number of benzene rings is 1. The first-order valence-corrected chi connectivity index (χ1v) is 5.61. The van der Waals surface area contributed by atoms with Crippen LogP contribution in [0.2, 0.25) is 0 Å². The van der Waals surface area contributed by atoms with Crippen molar-refractivity contribution in [3.05, 3.63) is 41.7 Å². The minimum absolute atomic E-state index is 0.648. The van der Waals surface area contributed by atoms with Gasteiger partial charge in [-0.05, 0) is 36.2 Å². The molecule has 4 nitrogen and oxygen atoms in total. The van der Waals surface area contributed by atoms with Crippen LogP contribution < -0.4 is 10.5 Å². The third-order valence-electron chi connectivity index (χ3n) is 2.66. The summed E-state index contributed by atoms with van der Waals surface area (Å²) in [7, 11) is 1.91. The molecule has 0 bridgehead atoms. The van der Waals surface area contributed by atoms with Crippen molar-refractivity contribution >= 4 is 5.69 Å². The van der Waals surface area contributed by atoms with Gasteiger partial charge in [0.15, 0.2) is 0 Å². The van der Waals surface area contributed by atoms with Crippen LogP contribution in [0.15, 0.2) is 30.6 Å². The van der Waals surface area contributed by atoms with Crippen molar-refractivity contribution in [3.8, 4) is 5.75 Å². The van der Waals surface area contributed by atoms with Crippen molar-refractivity contribution in [2.45, 2.75) is 13.3 Å². The minimum atomic E-state index is 0.648. The standard InChI is InChI=1S/C13H17N3O/c1-10-7-12(3-4-13(10)14)17-6-5-11-8-15-16(2)9-11/h3-4,7-9H,5-6,14H2,1-2H3. The Kier molecular flexibility index (Phi) is 3.32. The summed E-state index contributed by atoms with van der Waals surface area (Å²) in [5.74, 6) is 0.862. The first-order chi connectivity index (χ1) is 8.15. The predicted octanol–water partition coefficient (Wildman–Crippen LogP) is 1.93. The van der Waals surface area contributed by atoms with Crippen LogP contribution in [0.5, 0.6) is 5.75 Å². The maximum absolute atomic E-state index is 5.74. The number of hydrogen-bond donors (Lipinski definition) is 1. The van der Waals surface area contributed by atoms with Gasteiger partial charge in [-0.3, -0.25) is 4.68 Å². The average molecular weight is 231 g/mol. The fourth-order valence-corrected chi connectivity index (χ4v) is 1.63. The van der Waals surface area contributed by atoms with E-state index in [1.54, 1.807) is 4.68 Å². The number of nitrogen functional groups attached to an aromatic ring is 1. The van der Waals surface area contributed by atoms with Crippen LogP contribution in [0, 0.1) is 6.92 Å². The van der Waals surface area contributed by atoms with Crippen LogP contribution in [0.3, 0.4) is 0 Å². The van der Waals surface area contributed by atoms with E-state index in [1.807, 2.05) is 44.6 Å². The van der Waals surface area contributed by atoms with Crippen molar-refractivity contribution in [1.29, 1.82) is 0 Å². The predicted molar refractivity (Wildman–Crippen MR) is 68.0 cm³/mol. The van der Waals surface area contributed by atoms with E-state index in [-0.39, 0.29) is 0 Å². The molecule has 0 unspecified atom stereocenters. The normalized spacial score (nSPS) is 10.5. The number of nitrogens with two attached hydrogens (primary N) is 1. The van der Waals surface area contributed by atoms with E-state index in [0.29, 0.717) is 6.61 Å². The van der Waals surface area contributed by atoms with Gasteiger partial charge in [-0.15, -0.1) is 0 Å². The lowest BCUT2D eigenvalue weighted by molar-refractivity contribution is 0.322. The van der Waals surface area contributed by atoms with Gasteiger partial charge >= 0.3 is 0 Å². The van der Waals surface area contributed by atoms with Crippen molar-refractivity contribution in [2.75, 3.05) is 12.3 Å².